The van der Waals surface area contributed by atoms with E-state index in [1.54, 1.807) is 0 Å². The number of halogens is 3. The van der Waals surface area contributed by atoms with E-state index in [1.165, 1.54) is 12.1 Å². The molecule has 128 valence electrons. The number of ketones is 1. The number of benzene rings is 2. The molecule has 0 unspecified atom stereocenters. The van der Waals surface area contributed by atoms with Gasteiger partial charge in [-0.15, -0.1) is 0 Å². The van der Waals surface area contributed by atoms with E-state index in [0.717, 1.165) is 6.07 Å². The third-order valence-corrected chi connectivity index (χ3v) is 3.95. The predicted octanol–water partition coefficient (Wildman–Crippen LogP) is 5.29. The van der Waals surface area contributed by atoms with Gasteiger partial charge in [0.1, 0.15) is 11.6 Å². The zero-order valence-electron chi connectivity index (χ0n) is 14.0. The first-order valence-electron chi connectivity index (χ1n) is 7.70. The summed E-state index contributed by atoms with van der Waals surface area (Å²) in [6.07, 6.45) is 0. The van der Waals surface area contributed by atoms with Gasteiger partial charge < -0.3 is 5.11 Å². The molecular weight excluding hydrogens is 317 g/mol. The molecule has 0 saturated carbocycles. The Hall–Kier alpha value is -2.30. The smallest absolute Gasteiger partial charge is 0.199 e. The molecule has 1 N–H and O–H groups in total. The first-order valence-corrected chi connectivity index (χ1v) is 7.70. The molecule has 0 spiro atoms. The van der Waals surface area contributed by atoms with Gasteiger partial charge in [0.05, 0.1) is 5.56 Å². The zero-order valence-corrected chi connectivity index (χ0v) is 14.0. The molecule has 0 aliphatic carbocycles. The molecule has 2 rings (SSSR count). The lowest BCUT2D eigenvalue weighted by molar-refractivity contribution is 0.102. The van der Waals surface area contributed by atoms with Crippen LogP contribution in [0.3, 0.4) is 0 Å². The monoisotopic (exact) mass is 336 g/mol. The lowest BCUT2D eigenvalue weighted by Gasteiger charge is -2.17. The second-order valence-electron chi connectivity index (χ2n) is 6.36. The van der Waals surface area contributed by atoms with Crippen molar-refractivity contribution in [2.45, 2.75) is 39.5 Å². The van der Waals surface area contributed by atoms with Gasteiger partial charge in [0, 0.05) is 5.56 Å². The quantitative estimate of drug-likeness (QED) is 0.609. The Kier molecular flexibility index (Phi) is 5.02. The fourth-order valence-electron chi connectivity index (χ4n) is 2.57. The van der Waals surface area contributed by atoms with Crippen LogP contribution in [0.1, 0.15) is 66.6 Å². The van der Waals surface area contributed by atoms with Crippen LogP contribution in [0, 0.1) is 17.5 Å². The molecule has 0 aromatic heterocycles. The number of carbonyl (C=O) groups excluding carboxylic acids is 1. The van der Waals surface area contributed by atoms with Gasteiger partial charge in [0.15, 0.2) is 17.4 Å². The van der Waals surface area contributed by atoms with Crippen molar-refractivity contribution < 1.29 is 23.1 Å². The second-order valence-corrected chi connectivity index (χ2v) is 6.36. The number of rotatable bonds is 4. The largest absolute Gasteiger partial charge is 0.507 e. The minimum Gasteiger partial charge on any atom is -0.507 e. The summed E-state index contributed by atoms with van der Waals surface area (Å²) in [5.41, 5.74) is 0.0947. The highest BCUT2D eigenvalue weighted by atomic mass is 19.2. The lowest BCUT2D eigenvalue weighted by atomic mass is 9.89. The molecule has 2 aromatic carbocycles. The third kappa shape index (κ3) is 3.16. The van der Waals surface area contributed by atoms with Gasteiger partial charge in [-0.2, -0.15) is 0 Å². The van der Waals surface area contributed by atoms with Gasteiger partial charge in [0.2, 0.25) is 0 Å². The summed E-state index contributed by atoms with van der Waals surface area (Å²) >= 11 is 0. The highest BCUT2D eigenvalue weighted by Crippen LogP contribution is 2.35. The van der Waals surface area contributed by atoms with Crippen LogP contribution in [-0.2, 0) is 0 Å². The van der Waals surface area contributed by atoms with Gasteiger partial charge in [-0.3, -0.25) is 4.79 Å². The van der Waals surface area contributed by atoms with Gasteiger partial charge in [0.25, 0.3) is 0 Å². The van der Waals surface area contributed by atoms with E-state index < -0.39 is 28.8 Å². The molecular formula is C19H19F3O2. The molecule has 5 heteroatoms. The summed E-state index contributed by atoms with van der Waals surface area (Å²) in [6.45, 7) is 7.32. The molecule has 0 radical (unpaired) electrons. The number of phenolic OH excluding ortho intramolecular Hbond substituents is 1. The Labute approximate surface area is 138 Å². The average molecular weight is 336 g/mol. The summed E-state index contributed by atoms with van der Waals surface area (Å²) in [6, 6.07) is 4.16. The number of hydrogen-bond donors (Lipinski definition) is 1. The van der Waals surface area contributed by atoms with Crippen LogP contribution < -0.4 is 0 Å². The molecule has 0 bridgehead atoms. The minimum absolute atomic E-state index is 0.0172. The SMILES string of the molecule is CC(C)c1cc(C(=O)c2c(F)ccc(F)c2F)cc(C(C)C)c1O. The zero-order chi connectivity index (χ0) is 18.2. The number of aromatic hydroxyl groups is 1. The van der Waals surface area contributed by atoms with Crippen molar-refractivity contribution in [3.63, 3.8) is 0 Å². The van der Waals surface area contributed by atoms with E-state index in [2.05, 4.69) is 0 Å². The minimum atomic E-state index is -1.51. The third-order valence-electron chi connectivity index (χ3n) is 3.95. The number of phenols is 1. The summed E-state index contributed by atoms with van der Waals surface area (Å²) in [5, 5.41) is 10.3. The summed E-state index contributed by atoms with van der Waals surface area (Å²) in [7, 11) is 0. The normalized spacial score (nSPS) is 11.4. The molecule has 0 heterocycles. The highest BCUT2D eigenvalue weighted by molar-refractivity contribution is 6.09. The van der Waals surface area contributed by atoms with E-state index in [-0.39, 0.29) is 23.1 Å². The molecule has 2 nitrogen and oxygen atoms in total. The van der Waals surface area contributed by atoms with Crippen LogP contribution in [0.5, 0.6) is 5.75 Å². The van der Waals surface area contributed by atoms with Crippen molar-refractivity contribution in [1.29, 1.82) is 0 Å². The molecule has 0 atom stereocenters. The van der Waals surface area contributed by atoms with Gasteiger partial charge in [-0.1, -0.05) is 27.7 Å². The van der Waals surface area contributed by atoms with Crippen molar-refractivity contribution in [3.8, 4) is 5.75 Å². The van der Waals surface area contributed by atoms with Crippen LogP contribution in [0.2, 0.25) is 0 Å². The summed E-state index contributed by atoms with van der Waals surface area (Å²) in [4.78, 5) is 12.6. The summed E-state index contributed by atoms with van der Waals surface area (Å²) < 4.78 is 41.2. The molecule has 0 fully saturated rings. The van der Waals surface area contributed by atoms with Gasteiger partial charge >= 0.3 is 0 Å². The maximum absolute atomic E-state index is 13.9. The van der Waals surface area contributed by atoms with E-state index in [4.69, 9.17) is 0 Å². The molecule has 0 aliphatic rings. The molecule has 2 aromatic rings. The van der Waals surface area contributed by atoms with Crippen molar-refractivity contribution in [3.05, 3.63) is 64.0 Å². The molecule has 0 saturated heterocycles. The average Bonchev–Trinajstić information content (AvgIpc) is 2.50. The van der Waals surface area contributed by atoms with E-state index >= 15 is 0 Å². The fraction of sp³-hybridized carbons (Fsp3) is 0.316. The van der Waals surface area contributed by atoms with Crippen molar-refractivity contribution in [2.24, 2.45) is 0 Å². The standard InChI is InChI=1S/C19H19F3O2/c1-9(2)12-7-11(8-13(10(3)4)19(12)24)18(23)16-14(20)5-6-15(21)17(16)22/h5-10,24H,1-4H3. The fourth-order valence-corrected chi connectivity index (χ4v) is 2.57. The van der Waals surface area contributed by atoms with Gasteiger partial charge in [-0.05, 0) is 47.2 Å². The van der Waals surface area contributed by atoms with Crippen LogP contribution in [0.15, 0.2) is 24.3 Å². The van der Waals surface area contributed by atoms with Crippen molar-refractivity contribution >= 4 is 5.78 Å². The van der Waals surface area contributed by atoms with Crippen LogP contribution in [0.25, 0.3) is 0 Å². The topological polar surface area (TPSA) is 37.3 Å². The van der Waals surface area contributed by atoms with Crippen LogP contribution in [-0.4, -0.2) is 10.9 Å². The Bertz CT molecular complexity index is 766. The Balaban J connectivity index is 2.69. The maximum Gasteiger partial charge on any atom is 0.199 e. The maximum atomic E-state index is 13.9. The Morgan fingerprint density at radius 2 is 1.38 bits per heavy atom. The Morgan fingerprint density at radius 1 is 0.917 bits per heavy atom. The van der Waals surface area contributed by atoms with Gasteiger partial charge in [-0.25, -0.2) is 13.2 Å². The lowest BCUT2D eigenvalue weighted by Crippen LogP contribution is -2.11. The van der Waals surface area contributed by atoms with Crippen molar-refractivity contribution in [1.82, 2.24) is 0 Å². The first kappa shape index (κ1) is 18.0. The number of hydrogen-bond acceptors (Lipinski definition) is 2. The summed E-state index contributed by atoms with van der Waals surface area (Å²) in [5.74, 6) is -5.00. The Morgan fingerprint density at radius 3 is 1.83 bits per heavy atom. The van der Waals surface area contributed by atoms with Crippen molar-refractivity contribution in [2.75, 3.05) is 0 Å². The molecule has 0 amide bonds. The van der Waals surface area contributed by atoms with E-state index in [0.29, 0.717) is 17.2 Å². The van der Waals surface area contributed by atoms with Crippen LogP contribution >= 0.6 is 0 Å². The molecule has 0 aliphatic heterocycles. The number of carbonyl (C=O) groups is 1. The van der Waals surface area contributed by atoms with E-state index in [1.807, 2.05) is 27.7 Å². The second kappa shape index (κ2) is 6.67. The van der Waals surface area contributed by atoms with Crippen LogP contribution in [0.4, 0.5) is 13.2 Å². The first-order chi connectivity index (χ1) is 11.1. The van der Waals surface area contributed by atoms with E-state index in [9.17, 15) is 23.1 Å². The molecule has 24 heavy (non-hydrogen) atoms. The highest BCUT2D eigenvalue weighted by Gasteiger charge is 2.25. The predicted molar refractivity (Wildman–Crippen MR) is 86.0 cm³/mol.